The van der Waals surface area contributed by atoms with E-state index in [4.69, 9.17) is 4.74 Å². The zero-order valence-corrected chi connectivity index (χ0v) is 10.6. The van der Waals surface area contributed by atoms with Gasteiger partial charge in [-0.25, -0.2) is 4.79 Å². The molecule has 16 heavy (non-hydrogen) atoms. The van der Waals surface area contributed by atoms with Gasteiger partial charge in [-0.15, -0.1) is 0 Å². The van der Waals surface area contributed by atoms with Crippen LogP contribution in [0, 0.1) is 5.92 Å². The molecule has 0 aromatic carbocycles. The van der Waals surface area contributed by atoms with Crippen LogP contribution in [-0.4, -0.2) is 36.6 Å². The zero-order chi connectivity index (χ0) is 12.0. The highest BCUT2D eigenvalue weighted by molar-refractivity contribution is 5.81. The van der Waals surface area contributed by atoms with E-state index in [0.29, 0.717) is 12.6 Å². The lowest BCUT2D eigenvalue weighted by molar-refractivity contribution is -0.137. The predicted molar refractivity (Wildman–Crippen MR) is 65.2 cm³/mol. The number of hydrogen-bond acceptors (Lipinski definition) is 3. The number of ether oxygens (including phenoxy) is 1. The minimum absolute atomic E-state index is 0.236. The Bertz CT molecular complexity index is 250. The Hall–Kier alpha value is -0.830. The van der Waals surface area contributed by atoms with Crippen molar-refractivity contribution in [3.8, 4) is 0 Å². The number of carbonyl (C=O) groups is 1. The lowest BCUT2D eigenvalue weighted by Gasteiger charge is -2.37. The van der Waals surface area contributed by atoms with Gasteiger partial charge in [0.25, 0.3) is 0 Å². The van der Waals surface area contributed by atoms with Crippen molar-refractivity contribution in [2.24, 2.45) is 5.92 Å². The standard InChI is InChI=1S/C13H23NO2/c1-4-16-13(15)8-6-10-14-9-5-7-11(2)12(14)3/h6,8,11-12H,4-5,7,9-10H2,1-3H3/b8-6+. The summed E-state index contributed by atoms with van der Waals surface area (Å²) in [4.78, 5) is 13.5. The van der Waals surface area contributed by atoms with Gasteiger partial charge in [-0.2, -0.15) is 0 Å². The second kappa shape index (κ2) is 6.69. The molecule has 1 aliphatic heterocycles. The van der Waals surface area contributed by atoms with Gasteiger partial charge in [-0.05, 0) is 39.2 Å². The average Bonchev–Trinajstić information content (AvgIpc) is 2.25. The molecule has 2 atom stereocenters. The number of piperidine rings is 1. The molecule has 92 valence electrons. The summed E-state index contributed by atoms with van der Waals surface area (Å²) in [6.45, 7) is 8.82. The van der Waals surface area contributed by atoms with Gasteiger partial charge in [-0.1, -0.05) is 13.0 Å². The summed E-state index contributed by atoms with van der Waals surface area (Å²) in [6.07, 6.45) is 6.03. The van der Waals surface area contributed by atoms with Crippen LogP contribution in [0.2, 0.25) is 0 Å². The Kier molecular flexibility index (Phi) is 5.53. The van der Waals surface area contributed by atoms with Crippen LogP contribution in [0.15, 0.2) is 12.2 Å². The smallest absolute Gasteiger partial charge is 0.330 e. The Balaban J connectivity index is 2.33. The van der Waals surface area contributed by atoms with Crippen molar-refractivity contribution in [3.05, 3.63) is 12.2 Å². The Morgan fingerprint density at radius 2 is 2.25 bits per heavy atom. The molecule has 1 saturated heterocycles. The van der Waals surface area contributed by atoms with Gasteiger partial charge in [0.15, 0.2) is 0 Å². The fraction of sp³-hybridized carbons (Fsp3) is 0.769. The summed E-state index contributed by atoms with van der Waals surface area (Å²) < 4.78 is 4.83. The van der Waals surface area contributed by atoms with Gasteiger partial charge in [0.1, 0.15) is 0 Å². The molecule has 0 spiro atoms. The molecule has 1 rings (SSSR count). The van der Waals surface area contributed by atoms with Gasteiger partial charge < -0.3 is 4.74 Å². The number of hydrogen-bond donors (Lipinski definition) is 0. The van der Waals surface area contributed by atoms with E-state index >= 15 is 0 Å². The normalized spacial score (nSPS) is 27.2. The Morgan fingerprint density at radius 1 is 1.50 bits per heavy atom. The topological polar surface area (TPSA) is 29.5 Å². The number of likely N-dealkylation sites (tertiary alicyclic amines) is 1. The number of rotatable bonds is 4. The van der Waals surface area contributed by atoms with Crippen LogP contribution in [0.1, 0.15) is 33.6 Å². The highest BCUT2D eigenvalue weighted by atomic mass is 16.5. The van der Waals surface area contributed by atoms with Crippen molar-refractivity contribution in [1.29, 1.82) is 0 Å². The van der Waals surface area contributed by atoms with E-state index in [9.17, 15) is 4.79 Å². The summed E-state index contributed by atoms with van der Waals surface area (Å²) in [6, 6.07) is 0.612. The van der Waals surface area contributed by atoms with E-state index < -0.39 is 0 Å². The van der Waals surface area contributed by atoms with Crippen LogP contribution in [0.3, 0.4) is 0 Å². The molecule has 1 aliphatic rings. The van der Waals surface area contributed by atoms with Crippen LogP contribution >= 0.6 is 0 Å². The van der Waals surface area contributed by atoms with Crippen molar-refractivity contribution in [3.63, 3.8) is 0 Å². The molecule has 2 unspecified atom stereocenters. The number of esters is 1. The summed E-state index contributed by atoms with van der Waals surface area (Å²) in [5.41, 5.74) is 0. The van der Waals surface area contributed by atoms with Gasteiger partial charge in [0.05, 0.1) is 6.61 Å². The molecule has 0 bridgehead atoms. The number of nitrogens with zero attached hydrogens (tertiary/aromatic N) is 1. The van der Waals surface area contributed by atoms with E-state index in [2.05, 4.69) is 18.7 Å². The molecule has 0 aliphatic carbocycles. The first-order chi connectivity index (χ1) is 7.65. The summed E-state index contributed by atoms with van der Waals surface area (Å²) in [5.74, 6) is 0.518. The molecule has 0 aromatic rings. The Labute approximate surface area is 98.5 Å². The molecule has 3 heteroatoms. The molecule has 0 aromatic heterocycles. The molecule has 0 N–H and O–H groups in total. The lowest BCUT2D eigenvalue weighted by Crippen LogP contribution is -2.42. The van der Waals surface area contributed by atoms with Gasteiger partial charge in [0, 0.05) is 18.7 Å². The van der Waals surface area contributed by atoms with E-state index in [1.54, 1.807) is 0 Å². The number of carbonyl (C=O) groups excluding carboxylic acids is 1. The maximum atomic E-state index is 11.1. The maximum Gasteiger partial charge on any atom is 0.330 e. The monoisotopic (exact) mass is 225 g/mol. The van der Waals surface area contributed by atoms with E-state index in [0.717, 1.165) is 19.0 Å². The molecule has 0 saturated carbocycles. The van der Waals surface area contributed by atoms with E-state index in [1.807, 2.05) is 13.0 Å². The Morgan fingerprint density at radius 3 is 2.94 bits per heavy atom. The second-order valence-corrected chi connectivity index (χ2v) is 4.51. The van der Waals surface area contributed by atoms with Crippen LogP contribution in [-0.2, 0) is 9.53 Å². The van der Waals surface area contributed by atoms with E-state index in [1.165, 1.54) is 18.9 Å². The third kappa shape index (κ3) is 3.97. The van der Waals surface area contributed by atoms with Gasteiger partial charge in [0.2, 0.25) is 0 Å². The van der Waals surface area contributed by atoms with Crippen LogP contribution in [0.25, 0.3) is 0 Å². The lowest BCUT2D eigenvalue weighted by atomic mass is 9.92. The molecule has 1 fully saturated rings. The van der Waals surface area contributed by atoms with Crippen molar-refractivity contribution in [2.75, 3.05) is 19.7 Å². The van der Waals surface area contributed by atoms with Crippen molar-refractivity contribution in [1.82, 2.24) is 4.90 Å². The maximum absolute atomic E-state index is 11.1. The minimum atomic E-state index is -0.236. The molecular formula is C13H23NO2. The second-order valence-electron chi connectivity index (χ2n) is 4.51. The molecule has 3 nitrogen and oxygen atoms in total. The van der Waals surface area contributed by atoms with E-state index in [-0.39, 0.29) is 5.97 Å². The fourth-order valence-corrected chi connectivity index (χ4v) is 2.15. The third-order valence-corrected chi connectivity index (χ3v) is 3.38. The highest BCUT2D eigenvalue weighted by Crippen LogP contribution is 2.22. The first-order valence-corrected chi connectivity index (χ1v) is 6.22. The summed E-state index contributed by atoms with van der Waals surface area (Å²) in [5, 5.41) is 0. The molecule has 0 radical (unpaired) electrons. The molecule has 1 heterocycles. The van der Waals surface area contributed by atoms with Crippen LogP contribution in [0.5, 0.6) is 0 Å². The predicted octanol–water partition coefficient (Wildman–Crippen LogP) is 2.23. The first kappa shape index (κ1) is 13.2. The SMILES string of the molecule is CCOC(=O)/C=C/CN1CCCC(C)C1C. The van der Waals surface area contributed by atoms with Crippen molar-refractivity contribution < 1.29 is 9.53 Å². The molecule has 0 amide bonds. The van der Waals surface area contributed by atoms with Crippen molar-refractivity contribution >= 4 is 5.97 Å². The minimum Gasteiger partial charge on any atom is -0.463 e. The van der Waals surface area contributed by atoms with Gasteiger partial charge >= 0.3 is 5.97 Å². The van der Waals surface area contributed by atoms with Crippen LogP contribution < -0.4 is 0 Å². The zero-order valence-electron chi connectivity index (χ0n) is 10.6. The highest BCUT2D eigenvalue weighted by Gasteiger charge is 2.23. The third-order valence-electron chi connectivity index (χ3n) is 3.38. The van der Waals surface area contributed by atoms with Crippen molar-refractivity contribution in [2.45, 2.75) is 39.7 Å². The fourth-order valence-electron chi connectivity index (χ4n) is 2.15. The largest absolute Gasteiger partial charge is 0.463 e. The first-order valence-electron chi connectivity index (χ1n) is 6.22. The summed E-state index contributed by atoms with van der Waals surface area (Å²) in [7, 11) is 0. The van der Waals surface area contributed by atoms with Crippen LogP contribution in [0.4, 0.5) is 0 Å². The van der Waals surface area contributed by atoms with Gasteiger partial charge in [-0.3, -0.25) is 4.90 Å². The molecular weight excluding hydrogens is 202 g/mol. The average molecular weight is 225 g/mol. The quantitative estimate of drug-likeness (QED) is 0.543. The summed E-state index contributed by atoms with van der Waals surface area (Å²) >= 11 is 0.